The van der Waals surface area contributed by atoms with Gasteiger partial charge in [-0.3, -0.25) is 4.79 Å². The van der Waals surface area contributed by atoms with Crippen LogP contribution in [0.2, 0.25) is 0 Å². The fraction of sp³-hybridized carbons (Fsp3) is 0.118. The molecule has 0 radical (unpaired) electrons. The number of methoxy groups -OCH3 is 1. The second-order valence-electron chi connectivity index (χ2n) is 5.46. The number of benzene rings is 2. The van der Waals surface area contributed by atoms with Gasteiger partial charge in [0.15, 0.2) is 5.76 Å². The fourth-order valence-electron chi connectivity index (χ4n) is 2.44. The SMILES string of the molecule is COc1c(-c2ccccc2)oc2cc(OS(=O)(=O)C(F)(F)F)cc(O)c2c1=O. The van der Waals surface area contributed by atoms with Crippen molar-refractivity contribution in [3.63, 3.8) is 0 Å². The van der Waals surface area contributed by atoms with Gasteiger partial charge in [-0.15, -0.1) is 0 Å². The van der Waals surface area contributed by atoms with Crippen LogP contribution in [0.5, 0.6) is 17.2 Å². The molecule has 28 heavy (non-hydrogen) atoms. The Kier molecular flexibility index (Phi) is 4.71. The molecule has 7 nitrogen and oxygen atoms in total. The van der Waals surface area contributed by atoms with Gasteiger partial charge < -0.3 is 18.4 Å². The summed E-state index contributed by atoms with van der Waals surface area (Å²) in [6.07, 6.45) is 0. The van der Waals surface area contributed by atoms with Crippen LogP contribution in [0.25, 0.3) is 22.3 Å². The highest BCUT2D eigenvalue weighted by atomic mass is 32.2. The molecule has 148 valence electrons. The van der Waals surface area contributed by atoms with Crippen LogP contribution in [0.15, 0.2) is 51.7 Å². The molecule has 0 atom stereocenters. The average molecular weight is 416 g/mol. The van der Waals surface area contributed by atoms with Crippen molar-refractivity contribution in [1.82, 2.24) is 0 Å². The van der Waals surface area contributed by atoms with E-state index in [-0.39, 0.29) is 11.5 Å². The molecule has 3 aromatic rings. The molecule has 0 unspecified atom stereocenters. The van der Waals surface area contributed by atoms with Gasteiger partial charge in [0.1, 0.15) is 22.5 Å². The van der Waals surface area contributed by atoms with Crippen LogP contribution in [-0.2, 0) is 10.1 Å². The lowest BCUT2D eigenvalue weighted by atomic mass is 10.1. The Morgan fingerprint density at radius 3 is 2.32 bits per heavy atom. The Balaban J connectivity index is 2.26. The van der Waals surface area contributed by atoms with Crippen molar-refractivity contribution in [2.24, 2.45) is 0 Å². The van der Waals surface area contributed by atoms with E-state index in [4.69, 9.17) is 9.15 Å². The first-order valence-electron chi connectivity index (χ1n) is 7.49. The van der Waals surface area contributed by atoms with Crippen molar-refractivity contribution in [2.45, 2.75) is 5.51 Å². The summed E-state index contributed by atoms with van der Waals surface area (Å²) in [5, 5.41) is 9.63. The van der Waals surface area contributed by atoms with Gasteiger partial charge in [-0.05, 0) is 0 Å². The van der Waals surface area contributed by atoms with E-state index in [2.05, 4.69) is 4.18 Å². The number of hydrogen-bond donors (Lipinski definition) is 1. The van der Waals surface area contributed by atoms with E-state index in [9.17, 15) is 31.5 Å². The Labute approximate surface area is 155 Å². The summed E-state index contributed by atoms with van der Waals surface area (Å²) in [5.41, 5.74) is -6.46. The third-order valence-electron chi connectivity index (χ3n) is 3.64. The van der Waals surface area contributed by atoms with Crippen LogP contribution in [-0.4, -0.2) is 26.1 Å². The summed E-state index contributed by atoms with van der Waals surface area (Å²) in [5.74, 6) is -2.02. The van der Waals surface area contributed by atoms with Crippen molar-refractivity contribution < 1.29 is 40.0 Å². The standard InChI is InChI=1S/C17H11F3O7S/c1-25-16-14(22)13-11(21)7-10(27-28(23,24)17(18,19)20)8-12(13)26-15(16)9-5-3-2-4-6-9/h2-8,21H,1H3. The Bertz CT molecular complexity index is 1200. The van der Waals surface area contributed by atoms with Gasteiger partial charge in [0, 0.05) is 17.7 Å². The summed E-state index contributed by atoms with van der Waals surface area (Å²) in [7, 11) is -4.77. The molecule has 1 aromatic heterocycles. The number of aromatic hydroxyl groups is 1. The van der Waals surface area contributed by atoms with Crippen molar-refractivity contribution in [1.29, 1.82) is 0 Å². The molecule has 0 fully saturated rings. The maximum Gasteiger partial charge on any atom is 0.534 e. The molecular formula is C17H11F3O7S. The van der Waals surface area contributed by atoms with Gasteiger partial charge in [0.2, 0.25) is 11.2 Å². The van der Waals surface area contributed by atoms with Crippen LogP contribution in [0.4, 0.5) is 13.2 Å². The number of rotatable bonds is 4. The van der Waals surface area contributed by atoms with Crippen molar-refractivity contribution >= 4 is 21.1 Å². The lowest BCUT2D eigenvalue weighted by molar-refractivity contribution is -0.0500. The number of fused-ring (bicyclic) bond motifs is 1. The Morgan fingerprint density at radius 1 is 1.11 bits per heavy atom. The number of phenols is 1. The van der Waals surface area contributed by atoms with Crippen LogP contribution in [0.1, 0.15) is 0 Å². The first-order valence-corrected chi connectivity index (χ1v) is 8.90. The zero-order chi connectivity index (χ0) is 20.7. The highest BCUT2D eigenvalue weighted by Crippen LogP contribution is 2.37. The average Bonchev–Trinajstić information content (AvgIpc) is 2.60. The van der Waals surface area contributed by atoms with E-state index in [1.165, 1.54) is 7.11 Å². The Morgan fingerprint density at radius 2 is 1.75 bits per heavy atom. The first-order chi connectivity index (χ1) is 13.0. The van der Waals surface area contributed by atoms with Gasteiger partial charge in [-0.1, -0.05) is 30.3 Å². The zero-order valence-corrected chi connectivity index (χ0v) is 14.8. The van der Waals surface area contributed by atoms with E-state index < -0.39 is 43.5 Å². The minimum atomic E-state index is -5.98. The molecule has 2 aromatic carbocycles. The van der Waals surface area contributed by atoms with Crippen LogP contribution in [0, 0.1) is 0 Å². The minimum absolute atomic E-state index is 0.0594. The van der Waals surface area contributed by atoms with E-state index in [0.29, 0.717) is 11.6 Å². The van der Waals surface area contributed by atoms with E-state index >= 15 is 0 Å². The van der Waals surface area contributed by atoms with E-state index in [0.717, 1.165) is 6.07 Å². The molecule has 0 aliphatic heterocycles. The number of phenolic OH excluding ortho intramolecular Hbond substituents is 1. The van der Waals surface area contributed by atoms with E-state index in [1.807, 2.05) is 0 Å². The molecular weight excluding hydrogens is 405 g/mol. The third kappa shape index (κ3) is 3.36. The largest absolute Gasteiger partial charge is 0.534 e. The molecule has 0 aliphatic carbocycles. The van der Waals surface area contributed by atoms with Crippen molar-refractivity contribution in [3.05, 3.63) is 52.7 Å². The fourth-order valence-corrected chi connectivity index (χ4v) is 2.89. The molecule has 0 aliphatic rings. The molecule has 0 saturated heterocycles. The topological polar surface area (TPSA) is 103 Å². The summed E-state index contributed by atoms with van der Waals surface area (Å²) in [6, 6.07) is 9.48. The number of halogens is 3. The second kappa shape index (κ2) is 6.75. The molecule has 3 rings (SSSR count). The predicted molar refractivity (Wildman–Crippen MR) is 91.7 cm³/mol. The van der Waals surface area contributed by atoms with Gasteiger partial charge >= 0.3 is 15.6 Å². The maximum atomic E-state index is 12.6. The summed E-state index contributed by atoms with van der Waals surface area (Å²) >= 11 is 0. The van der Waals surface area contributed by atoms with Gasteiger partial charge in [-0.25, -0.2) is 0 Å². The minimum Gasteiger partial charge on any atom is -0.507 e. The first kappa shape index (κ1) is 19.5. The summed E-state index contributed by atoms with van der Waals surface area (Å²) < 4.78 is 74.5. The molecule has 1 N–H and O–H groups in total. The monoisotopic (exact) mass is 416 g/mol. The predicted octanol–water partition coefficient (Wildman–Crippen LogP) is 3.40. The lowest BCUT2D eigenvalue weighted by Gasteiger charge is -2.12. The second-order valence-corrected chi connectivity index (χ2v) is 7.00. The quantitative estimate of drug-likeness (QED) is 0.514. The molecule has 0 bridgehead atoms. The molecule has 1 heterocycles. The van der Waals surface area contributed by atoms with Crippen LogP contribution < -0.4 is 14.3 Å². The lowest BCUT2D eigenvalue weighted by Crippen LogP contribution is -2.28. The molecule has 0 amide bonds. The van der Waals surface area contributed by atoms with Gasteiger partial charge in [0.25, 0.3) is 0 Å². The number of hydrogen-bond acceptors (Lipinski definition) is 7. The van der Waals surface area contributed by atoms with Crippen molar-refractivity contribution in [2.75, 3.05) is 7.11 Å². The zero-order valence-electron chi connectivity index (χ0n) is 14.0. The highest BCUT2D eigenvalue weighted by Gasteiger charge is 2.48. The Hall–Kier alpha value is -3.21. The van der Waals surface area contributed by atoms with Crippen LogP contribution in [0.3, 0.4) is 0 Å². The molecule has 11 heteroatoms. The van der Waals surface area contributed by atoms with Gasteiger partial charge in [0.05, 0.1) is 7.11 Å². The third-order valence-corrected chi connectivity index (χ3v) is 4.61. The summed E-state index contributed by atoms with van der Waals surface area (Å²) in [4.78, 5) is 12.6. The molecule has 0 saturated carbocycles. The van der Waals surface area contributed by atoms with Crippen LogP contribution >= 0.6 is 0 Å². The van der Waals surface area contributed by atoms with Crippen molar-refractivity contribution in [3.8, 4) is 28.6 Å². The van der Waals surface area contributed by atoms with Gasteiger partial charge in [-0.2, -0.15) is 21.6 Å². The maximum absolute atomic E-state index is 12.6. The molecule has 0 spiro atoms. The highest BCUT2D eigenvalue weighted by molar-refractivity contribution is 7.88. The summed E-state index contributed by atoms with van der Waals surface area (Å²) in [6.45, 7) is 0. The number of ether oxygens (including phenoxy) is 1. The smallest absolute Gasteiger partial charge is 0.507 e. The number of alkyl halides is 3. The normalized spacial score (nSPS) is 12.1. The van der Waals surface area contributed by atoms with E-state index in [1.54, 1.807) is 30.3 Å².